The third-order valence-corrected chi connectivity index (χ3v) is 0.274. The van der Waals surface area contributed by atoms with Crippen molar-refractivity contribution in [2.24, 2.45) is 0 Å². The molecular weight excluding hydrogens is 104 g/mol. The van der Waals surface area contributed by atoms with Crippen LogP contribution in [0.15, 0.2) is 0 Å². The fourth-order valence-corrected chi connectivity index (χ4v) is 0. The zero-order valence-corrected chi connectivity index (χ0v) is 4.76. The SMILES string of the molecule is CCCO.N#CC#N. The van der Waals surface area contributed by atoms with Crippen LogP contribution in [0, 0.1) is 22.7 Å². The highest BCUT2D eigenvalue weighted by molar-refractivity contribution is 4.99. The molecule has 0 aromatic carbocycles. The molecule has 0 radical (unpaired) electrons. The van der Waals surface area contributed by atoms with Gasteiger partial charge in [0.1, 0.15) is 0 Å². The van der Waals surface area contributed by atoms with Crippen LogP contribution < -0.4 is 0 Å². The average molecular weight is 112 g/mol. The molecule has 0 saturated carbocycles. The third kappa shape index (κ3) is 86.8. The molecule has 0 aliphatic carbocycles. The highest BCUT2D eigenvalue weighted by Gasteiger charge is 1.57. The minimum Gasteiger partial charge on any atom is -0.396 e. The summed E-state index contributed by atoms with van der Waals surface area (Å²) in [6, 6.07) is 2.47. The number of hydrogen-bond acceptors (Lipinski definition) is 3. The summed E-state index contributed by atoms with van der Waals surface area (Å²) in [5.74, 6) is 0. The van der Waals surface area contributed by atoms with E-state index in [0.29, 0.717) is 6.61 Å². The first-order chi connectivity index (χ1) is 3.83. The smallest absolute Gasteiger partial charge is 0.181 e. The molecule has 0 atom stereocenters. The highest BCUT2D eigenvalue weighted by atomic mass is 16.2. The first-order valence-corrected chi connectivity index (χ1v) is 2.22. The average Bonchev–Trinajstić information content (AvgIpc) is 1.88. The molecule has 0 unspecified atom stereocenters. The fourth-order valence-electron chi connectivity index (χ4n) is 0. The van der Waals surface area contributed by atoms with Crippen molar-refractivity contribution in [3.8, 4) is 12.1 Å². The van der Waals surface area contributed by atoms with E-state index in [4.69, 9.17) is 15.6 Å². The van der Waals surface area contributed by atoms with E-state index in [-0.39, 0.29) is 0 Å². The van der Waals surface area contributed by atoms with E-state index in [1.807, 2.05) is 6.92 Å². The molecule has 0 aliphatic rings. The Hall–Kier alpha value is -1.06. The van der Waals surface area contributed by atoms with Crippen LogP contribution in [-0.2, 0) is 0 Å². The van der Waals surface area contributed by atoms with Gasteiger partial charge in [-0.25, -0.2) is 0 Å². The van der Waals surface area contributed by atoms with E-state index >= 15 is 0 Å². The van der Waals surface area contributed by atoms with Crippen LogP contribution in [-0.4, -0.2) is 11.7 Å². The van der Waals surface area contributed by atoms with Crippen molar-refractivity contribution in [1.82, 2.24) is 0 Å². The summed E-state index contributed by atoms with van der Waals surface area (Å²) in [5, 5.41) is 22.4. The summed E-state index contributed by atoms with van der Waals surface area (Å²) in [6.45, 7) is 2.25. The van der Waals surface area contributed by atoms with Gasteiger partial charge in [-0.2, -0.15) is 10.5 Å². The van der Waals surface area contributed by atoms with Crippen LogP contribution in [0.1, 0.15) is 13.3 Å². The second-order valence-corrected chi connectivity index (χ2v) is 0.947. The minimum atomic E-state index is 0.319. The molecule has 1 N–H and O–H groups in total. The number of rotatable bonds is 1. The van der Waals surface area contributed by atoms with Crippen LogP contribution in [0.5, 0.6) is 0 Å². The van der Waals surface area contributed by atoms with Gasteiger partial charge in [-0.1, -0.05) is 6.92 Å². The van der Waals surface area contributed by atoms with Crippen LogP contribution in [0.4, 0.5) is 0 Å². The van der Waals surface area contributed by atoms with Gasteiger partial charge >= 0.3 is 0 Å². The largest absolute Gasteiger partial charge is 0.396 e. The Morgan fingerprint density at radius 1 is 1.38 bits per heavy atom. The van der Waals surface area contributed by atoms with E-state index in [0.717, 1.165) is 6.42 Å². The third-order valence-electron chi connectivity index (χ3n) is 0.274. The lowest BCUT2D eigenvalue weighted by atomic mass is 10.5. The van der Waals surface area contributed by atoms with E-state index in [1.54, 1.807) is 0 Å². The maximum absolute atomic E-state index is 7.88. The zero-order valence-electron chi connectivity index (χ0n) is 4.76. The van der Waals surface area contributed by atoms with Gasteiger partial charge in [0.05, 0.1) is 0 Å². The maximum Gasteiger partial charge on any atom is 0.181 e. The van der Waals surface area contributed by atoms with Gasteiger partial charge in [0.2, 0.25) is 0 Å². The molecule has 0 aliphatic heterocycles. The summed E-state index contributed by atoms with van der Waals surface area (Å²) in [5.41, 5.74) is 0. The highest BCUT2D eigenvalue weighted by Crippen LogP contribution is 1.61. The summed E-state index contributed by atoms with van der Waals surface area (Å²) in [4.78, 5) is 0. The number of hydrogen-bond donors (Lipinski definition) is 1. The van der Waals surface area contributed by atoms with Gasteiger partial charge in [-0.15, -0.1) is 0 Å². The lowest BCUT2D eigenvalue weighted by Crippen LogP contribution is -1.69. The molecular formula is C5H8N2O. The molecule has 0 saturated heterocycles. The molecule has 3 nitrogen and oxygen atoms in total. The van der Waals surface area contributed by atoms with E-state index in [1.165, 1.54) is 12.1 Å². The zero-order chi connectivity index (χ0) is 6.83. The molecule has 0 aromatic rings. The van der Waals surface area contributed by atoms with E-state index in [2.05, 4.69) is 0 Å². The molecule has 8 heavy (non-hydrogen) atoms. The topological polar surface area (TPSA) is 67.8 Å². The molecule has 44 valence electrons. The molecule has 0 amide bonds. The summed E-state index contributed by atoms with van der Waals surface area (Å²) < 4.78 is 0. The van der Waals surface area contributed by atoms with Crippen molar-refractivity contribution < 1.29 is 5.11 Å². The standard InChI is InChI=1S/C3H8O.C2N2/c1-2-3-4;3-1-2-4/h4H,2-3H2,1H3;. The van der Waals surface area contributed by atoms with Crippen molar-refractivity contribution in [3.63, 3.8) is 0 Å². The van der Waals surface area contributed by atoms with Crippen LogP contribution >= 0.6 is 0 Å². The second kappa shape index (κ2) is 16.8. The van der Waals surface area contributed by atoms with Crippen molar-refractivity contribution in [3.05, 3.63) is 0 Å². The predicted octanol–water partition coefficient (Wildman–Crippen LogP) is 0.422. The molecule has 0 aromatic heterocycles. The minimum absolute atomic E-state index is 0.319. The quantitative estimate of drug-likeness (QED) is 0.534. The lowest BCUT2D eigenvalue weighted by molar-refractivity contribution is 0.295. The predicted molar refractivity (Wildman–Crippen MR) is 28.6 cm³/mol. The molecule has 0 heterocycles. The fraction of sp³-hybridized carbons (Fsp3) is 0.600. The van der Waals surface area contributed by atoms with Crippen molar-refractivity contribution in [2.75, 3.05) is 6.61 Å². The van der Waals surface area contributed by atoms with E-state index in [9.17, 15) is 0 Å². The van der Waals surface area contributed by atoms with Gasteiger partial charge < -0.3 is 5.11 Å². The van der Waals surface area contributed by atoms with Crippen LogP contribution in [0.2, 0.25) is 0 Å². The van der Waals surface area contributed by atoms with Gasteiger partial charge in [0.25, 0.3) is 0 Å². The van der Waals surface area contributed by atoms with E-state index < -0.39 is 0 Å². The normalized spacial score (nSPS) is 5.00. The Balaban J connectivity index is 0. The first-order valence-electron chi connectivity index (χ1n) is 2.22. The summed E-state index contributed by atoms with van der Waals surface area (Å²) >= 11 is 0. The monoisotopic (exact) mass is 112 g/mol. The lowest BCUT2D eigenvalue weighted by Gasteiger charge is -1.69. The summed E-state index contributed by atoms with van der Waals surface area (Å²) in [7, 11) is 0. The van der Waals surface area contributed by atoms with Gasteiger partial charge in [-0.3, -0.25) is 0 Å². The van der Waals surface area contributed by atoms with Crippen LogP contribution in [0.25, 0.3) is 0 Å². The molecule has 0 rings (SSSR count). The molecule has 0 fully saturated rings. The Kier molecular flexibility index (Phi) is 21.0. The number of nitrogens with zero attached hydrogens (tertiary/aromatic N) is 2. The van der Waals surface area contributed by atoms with Gasteiger partial charge in [0, 0.05) is 6.61 Å². The molecule has 3 heteroatoms. The second-order valence-electron chi connectivity index (χ2n) is 0.947. The Morgan fingerprint density at radius 3 is 1.62 bits per heavy atom. The summed E-state index contributed by atoms with van der Waals surface area (Å²) in [6.07, 6.45) is 0.875. The Labute approximate surface area is 48.8 Å². The first kappa shape index (κ1) is 10.0. The maximum atomic E-state index is 7.88. The Bertz CT molecular complexity index is 84.0. The van der Waals surface area contributed by atoms with Crippen molar-refractivity contribution in [1.29, 1.82) is 10.5 Å². The number of aliphatic hydroxyl groups is 1. The van der Waals surface area contributed by atoms with Gasteiger partial charge in [-0.05, 0) is 6.42 Å². The van der Waals surface area contributed by atoms with Gasteiger partial charge in [0.15, 0.2) is 12.1 Å². The number of nitriles is 2. The molecule has 0 spiro atoms. The van der Waals surface area contributed by atoms with Crippen molar-refractivity contribution in [2.45, 2.75) is 13.3 Å². The van der Waals surface area contributed by atoms with Crippen molar-refractivity contribution >= 4 is 0 Å². The van der Waals surface area contributed by atoms with Crippen LogP contribution in [0.3, 0.4) is 0 Å². The Morgan fingerprint density at radius 2 is 1.62 bits per heavy atom. The number of aliphatic hydroxyl groups excluding tert-OH is 1. The molecule has 0 bridgehead atoms.